The Hall–Kier alpha value is -2.02. The second-order valence-electron chi connectivity index (χ2n) is 4.14. The first-order valence-electron chi connectivity index (χ1n) is 5.48. The van der Waals surface area contributed by atoms with Gasteiger partial charge in [0.1, 0.15) is 0 Å². The summed E-state index contributed by atoms with van der Waals surface area (Å²) in [6, 6.07) is 14.8. The third-order valence-corrected chi connectivity index (χ3v) is 2.88. The predicted octanol–water partition coefficient (Wildman–Crippen LogP) is 4.22. The average molecular weight is 207 g/mol. The summed E-state index contributed by atoms with van der Waals surface area (Å²) in [4.78, 5) is 0. The Bertz CT molecular complexity index is 567. The van der Waals surface area contributed by atoms with Gasteiger partial charge in [0.15, 0.2) is 0 Å². The Balaban J connectivity index is 2.17. The third-order valence-electron chi connectivity index (χ3n) is 2.88. The van der Waals surface area contributed by atoms with Crippen molar-refractivity contribution < 1.29 is 0 Å². The van der Waals surface area contributed by atoms with Crippen LogP contribution in [0.5, 0.6) is 0 Å². The summed E-state index contributed by atoms with van der Waals surface area (Å²) in [6.07, 6.45) is 4.33. The highest BCUT2D eigenvalue weighted by Crippen LogP contribution is 2.30. The number of hydrogen-bond donors (Lipinski definition) is 1. The fraction of sp³-hybridized carbons (Fsp3) is 0.0667. The van der Waals surface area contributed by atoms with Crippen LogP contribution in [0, 0.1) is 6.92 Å². The molecule has 0 aliphatic carbocycles. The van der Waals surface area contributed by atoms with Crippen molar-refractivity contribution in [3.63, 3.8) is 0 Å². The van der Waals surface area contributed by atoms with E-state index in [9.17, 15) is 0 Å². The minimum absolute atomic E-state index is 1.17. The molecule has 0 aromatic heterocycles. The maximum atomic E-state index is 3.47. The molecule has 1 aliphatic heterocycles. The van der Waals surface area contributed by atoms with E-state index in [2.05, 4.69) is 66.9 Å². The number of benzene rings is 2. The van der Waals surface area contributed by atoms with Gasteiger partial charge in [-0.05, 0) is 36.2 Å². The highest BCUT2D eigenvalue weighted by Gasteiger charge is 2.06. The standard InChI is InChI=1S/C15H13N/c1-11-6-9-15-13(10-11)8-7-12-4-2-3-5-14(12)16-15/h2-10,16H,1H3. The monoisotopic (exact) mass is 207 g/mol. The summed E-state index contributed by atoms with van der Waals surface area (Å²) in [5.74, 6) is 0. The quantitative estimate of drug-likeness (QED) is 0.582. The number of para-hydroxylation sites is 1. The Morgan fingerprint density at radius 3 is 2.50 bits per heavy atom. The SMILES string of the molecule is Cc1ccc2c(c1)C=Cc1ccccc1N2. The molecule has 1 heteroatoms. The van der Waals surface area contributed by atoms with Crippen molar-refractivity contribution in [3.8, 4) is 0 Å². The lowest BCUT2D eigenvalue weighted by atomic mass is 10.1. The van der Waals surface area contributed by atoms with Crippen molar-refractivity contribution in [2.45, 2.75) is 6.92 Å². The van der Waals surface area contributed by atoms with E-state index in [1.807, 2.05) is 0 Å². The fourth-order valence-corrected chi connectivity index (χ4v) is 2.01. The second-order valence-corrected chi connectivity index (χ2v) is 4.14. The summed E-state index contributed by atoms with van der Waals surface area (Å²) >= 11 is 0. The van der Waals surface area contributed by atoms with Crippen LogP contribution in [-0.4, -0.2) is 0 Å². The van der Waals surface area contributed by atoms with E-state index in [0.717, 1.165) is 0 Å². The molecule has 0 amide bonds. The zero-order valence-corrected chi connectivity index (χ0v) is 9.20. The summed E-state index contributed by atoms with van der Waals surface area (Å²) in [7, 11) is 0. The van der Waals surface area contributed by atoms with E-state index < -0.39 is 0 Å². The molecular formula is C15H13N. The summed E-state index contributed by atoms with van der Waals surface area (Å²) in [5.41, 5.74) is 6.11. The van der Waals surface area contributed by atoms with Crippen LogP contribution >= 0.6 is 0 Å². The molecule has 0 bridgehead atoms. The van der Waals surface area contributed by atoms with Crippen LogP contribution in [0.15, 0.2) is 42.5 Å². The summed E-state index contributed by atoms with van der Waals surface area (Å²) in [5, 5.41) is 3.47. The van der Waals surface area contributed by atoms with Gasteiger partial charge in [-0.1, -0.05) is 42.0 Å². The lowest BCUT2D eigenvalue weighted by molar-refractivity contribution is 1.44. The van der Waals surface area contributed by atoms with Gasteiger partial charge in [0.2, 0.25) is 0 Å². The molecule has 1 heterocycles. The van der Waals surface area contributed by atoms with Crippen molar-refractivity contribution in [3.05, 3.63) is 59.2 Å². The number of rotatable bonds is 0. The highest BCUT2D eigenvalue weighted by molar-refractivity contribution is 5.87. The van der Waals surface area contributed by atoms with Gasteiger partial charge < -0.3 is 5.32 Å². The van der Waals surface area contributed by atoms with E-state index in [1.165, 1.54) is 28.1 Å². The minimum atomic E-state index is 1.17. The molecule has 78 valence electrons. The fourth-order valence-electron chi connectivity index (χ4n) is 2.01. The van der Waals surface area contributed by atoms with Crippen molar-refractivity contribution in [2.75, 3.05) is 5.32 Å². The lowest BCUT2D eigenvalue weighted by Gasteiger charge is -2.09. The lowest BCUT2D eigenvalue weighted by Crippen LogP contribution is -1.93. The number of aryl methyl sites for hydroxylation is 1. The number of nitrogens with one attached hydrogen (secondary N) is 1. The van der Waals surface area contributed by atoms with Crippen LogP contribution in [0.3, 0.4) is 0 Å². The molecule has 0 saturated carbocycles. The number of hydrogen-bond acceptors (Lipinski definition) is 1. The molecule has 0 atom stereocenters. The summed E-state index contributed by atoms with van der Waals surface area (Å²) in [6.45, 7) is 2.12. The topological polar surface area (TPSA) is 12.0 Å². The molecule has 0 unspecified atom stereocenters. The molecule has 1 aliphatic rings. The molecule has 16 heavy (non-hydrogen) atoms. The molecule has 0 spiro atoms. The van der Waals surface area contributed by atoms with Crippen LogP contribution < -0.4 is 5.32 Å². The van der Waals surface area contributed by atoms with E-state index in [1.54, 1.807) is 0 Å². The Morgan fingerprint density at radius 1 is 0.812 bits per heavy atom. The number of anilines is 2. The van der Waals surface area contributed by atoms with Crippen molar-refractivity contribution in [1.29, 1.82) is 0 Å². The maximum Gasteiger partial charge on any atom is 0.0458 e. The Morgan fingerprint density at radius 2 is 1.56 bits per heavy atom. The van der Waals surface area contributed by atoms with Gasteiger partial charge >= 0.3 is 0 Å². The van der Waals surface area contributed by atoms with E-state index in [-0.39, 0.29) is 0 Å². The molecule has 1 nitrogen and oxygen atoms in total. The minimum Gasteiger partial charge on any atom is -0.355 e. The second kappa shape index (κ2) is 3.53. The smallest absolute Gasteiger partial charge is 0.0458 e. The molecule has 2 aromatic carbocycles. The molecule has 0 radical (unpaired) electrons. The van der Waals surface area contributed by atoms with Gasteiger partial charge in [-0.3, -0.25) is 0 Å². The van der Waals surface area contributed by atoms with Crippen LogP contribution in [0.25, 0.3) is 12.2 Å². The van der Waals surface area contributed by atoms with Crippen LogP contribution in [0.4, 0.5) is 11.4 Å². The Labute approximate surface area is 95.4 Å². The van der Waals surface area contributed by atoms with Crippen LogP contribution in [-0.2, 0) is 0 Å². The predicted molar refractivity (Wildman–Crippen MR) is 69.8 cm³/mol. The zero-order chi connectivity index (χ0) is 11.0. The first kappa shape index (κ1) is 9.22. The number of fused-ring (bicyclic) bond motifs is 2. The van der Waals surface area contributed by atoms with Gasteiger partial charge in [-0.2, -0.15) is 0 Å². The van der Waals surface area contributed by atoms with Crippen molar-refractivity contribution in [1.82, 2.24) is 0 Å². The molecule has 0 fully saturated rings. The first-order chi connectivity index (χ1) is 7.83. The normalized spacial score (nSPS) is 12.3. The van der Waals surface area contributed by atoms with Crippen LogP contribution in [0.2, 0.25) is 0 Å². The average Bonchev–Trinajstić information content (AvgIpc) is 2.48. The molecule has 0 saturated heterocycles. The third kappa shape index (κ3) is 1.50. The summed E-state index contributed by atoms with van der Waals surface area (Å²) < 4.78 is 0. The molecule has 2 aromatic rings. The maximum absolute atomic E-state index is 3.47. The zero-order valence-electron chi connectivity index (χ0n) is 9.20. The van der Waals surface area contributed by atoms with Gasteiger partial charge in [0.25, 0.3) is 0 Å². The molecule has 1 N–H and O–H groups in total. The Kier molecular flexibility index (Phi) is 2.03. The highest BCUT2D eigenvalue weighted by atomic mass is 14.9. The van der Waals surface area contributed by atoms with E-state index in [0.29, 0.717) is 0 Å². The van der Waals surface area contributed by atoms with Gasteiger partial charge in [-0.25, -0.2) is 0 Å². The van der Waals surface area contributed by atoms with Crippen molar-refractivity contribution in [2.24, 2.45) is 0 Å². The molecule has 3 rings (SSSR count). The van der Waals surface area contributed by atoms with Gasteiger partial charge in [0, 0.05) is 11.4 Å². The van der Waals surface area contributed by atoms with Gasteiger partial charge in [-0.15, -0.1) is 0 Å². The largest absolute Gasteiger partial charge is 0.355 e. The van der Waals surface area contributed by atoms with Gasteiger partial charge in [0.05, 0.1) is 0 Å². The first-order valence-corrected chi connectivity index (χ1v) is 5.48. The van der Waals surface area contributed by atoms with E-state index >= 15 is 0 Å². The van der Waals surface area contributed by atoms with E-state index in [4.69, 9.17) is 0 Å². The molecular weight excluding hydrogens is 194 g/mol. The van der Waals surface area contributed by atoms with Crippen molar-refractivity contribution >= 4 is 23.5 Å². The van der Waals surface area contributed by atoms with Crippen LogP contribution in [0.1, 0.15) is 16.7 Å².